The number of nitrogens with zero attached hydrogens (tertiary/aromatic N) is 4. The average Bonchev–Trinajstić information content (AvgIpc) is 3.01. The maximum absolute atomic E-state index is 13.0. The highest BCUT2D eigenvalue weighted by Gasteiger charge is 2.24. The van der Waals surface area contributed by atoms with Crippen LogP contribution in [0.15, 0.2) is 24.3 Å². The van der Waals surface area contributed by atoms with Gasteiger partial charge in [-0.05, 0) is 59.3 Å². The predicted molar refractivity (Wildman–Crippen MR) is 126 cm³/mol. The Morgan fingerprint density at radius 3 is 2.42 bits per heavy atom. The number of hydrogen-bond acceptors (Lipinski definition) is 6. The maximum atomic E-state index is 13.0. The molecular weight excluding hydrogens is 410 g/mol. The third kappa shape index (κ3) is 6.72. The summed E-state index contributed by atoms with van der Waals surface area (Å²) in [6, 6.07) is 8.01. The SMILES string of the molecule is C[C@@H](c1nc2ccccc2s1)N(C)C(=O)CN1CCCN(CC(=O)NC(C)(C)C)CC1. The van der Waals surface area contributed by atoms with Gasteiger partial charge in [-0.1, -0.05) is 12.1 Å². The van der Waals surface area contributed by atoms with Gasteiger partial charge in [0.05, 0.1) is 29.3 Å². The first-order chi connectivity index (χ1) is 14.6. The molecule has 1 fully saturated rings. The summed E-state index contributed by atoms with van der Waals surface area (Å²) in [6.45, 7) is 12.1. The molecule has 1 aromatic carbocycles. The number of fused-ring (bicyclic) bond motifs is 1. The van der Waals surface area contributed by atoms with Crippen molar-refractivity contribution in [3.05, 3.63) is 29.3 Å². The monoisotopic (exact) mass is 445 g/mol. The van der Waals surface area contributed by atoms with E-state index < -0.39 is 0 Å². The first-order valence-electron chi connectivity index (χ1n) is 11.0. The molecule has 1 N–H and O–H groups in total. The van der Waals surface area contributed by atoms with Gasteiger partial charge >= 0.3 is 0 Å². The number of aromatic nitrogens is 1. The number of likely N-dealkylation sites (N-methyl/N-ethyl adjacent to an activating group) is 1. The van der Waals surface area contributed by atoms with Gasteiger partial charge in [0.1, 0.15) is 5.01 Å². The molecule has 2 aromatic rings. The van der Waals surface area contributed by atoms with Crippen molar-refractivity contribution >= 4 is 33.4 Å². The minimum Gasteiger partial charge on any atom is -0.350 e. The largest absolute Gasteiger partial charge is 0.350 e. The summed E-state index contributed by atoms with van der Waals surface area (Å²) >= 11 is 1.65. The molecule has 0 unspecified atom stereocenters. The van der Waals surface area contributed by atoms with Crippen molar-refractivity contribution in [1.82, 2.24) is 25.0 Å². The van der Waals surface area contributed by atoms with Crippen molar-refractivity contribution < 1.29 is 9.59 Å². The van der Waals surface area contributed by atoms with Crippen LogP contribution >= 0.6 is 11.3 Å². The summed E-state index contributed by atoms with van der Waals surface area (Å²) in [6.07, 6.45) is 0.952. The van der Waals surface area contributed by atoms with E-state index in [1.165, 1.54) is 0 Å². The lowest BCUT2D eigenvalue weighted by Crippen LogP contribution is -2.46. The van der Waals surface area contributed by atoms with Crippen LogP contribution in [0.25, 0.3) is 10.2 Å². The van der Waals surface area contributed by atoms with Gasteiger partial charge in [0.15, 0.2) is 0 Å². The van der Waals surface area contributed by atoms with Crippen molar-refractivity contribution in [2.45, 2.75) is 45.7 Å². The Bertz CT molecular complexity index is 874. The molecule has 0 saturated carbocycles. The number of benzene rings is 1. The molecule has 1 aromatic heterocycles. The Balaban J connectivity index is 1.51. The lowest BCUT2D eigenvalue weighted by atomic mass is 10.1. The Labute approximate surface area is 189 Å². The molecule has 8 heteroatoms. The summed E-state index contributed by atoms with van der Waals surface area (Å²) in [5.41, 5.74) is 0.768. The maximum Gasteiger partial charge on any atom is 0.237 e. The molecule has 170 valence electrons. The van der Waals surface area contributed by atoms with Crippen LogP contribution in [0.2, 0.25) is 0 Å². The van der Waals surface area contributed by atoms with Crippen LogP contribution in [0, 0.1) is 0 Å². The summed E-state index contributed by atoms with van der Waals surface area (Å²) < 4.78 is 1.15. The molecule has 1 atom stereocenters. The van der Waals surface area contributed by atoms with E-state index in [-0.39, 0.29) is 23.4 Å². The molecule has 0 radical (unpaired) electrons. The van der Waals surface area contributed by atoms with Gasteiger partial charge in [-0.3, -0.25) is 19.4 Å². The lowest BCUT2D eigenvalue weighted by molar-refractivity contribution is -0.133. The quantitative estimate of drug-likeness (QED) is 0.741. The van der Waals surface area contributed by atoms with Crippen LogP contribution in [0.3, 0.4) is 0 Å². The van der Waals surface area contributed by atoms with E-state index in [1.54, 1.807) is 16.2 Å². The van der Waals surface area contributed by atoms with Gasteiger partial charge < -0.3 is 10.2 Å². The van der Waals surface area contributed by atoms with Gasteiger partial charge in [0.25, 0.3) is 0 Å². The summed E-state index contributed by atoms with van der Waals surface area (Å²) in [4.78, 5) is 36.1. The first-order valence-corrected chi connectivity index (χ1v) is 11.8. The van der Waals surface area contributed by atoms with Crippen molar-refractivity contribution in [3.8, 4) is 0 Å². The fourth-order valence-corrected chi connectivity index (χ4v) is 4.82. The number of carbonyl (C=O) groups is 2. The number of hydrogen-bond donors (Lipinski definition) is 1. The van der Waals surface area contributed by atoms with E-state index in [0.717, 1.165) is 47.8 Å². The molecule has 2 amide bonds. The number of rotatable bonds is 6. The van der Waals surface area contributed by atoms with Crippen LogP contribution in [-0.2, 0) is 9.59 Å². The highest BCUT2D eigenvalue weighted by molar-refractivity contribution is 7.18. The molecule has 0 spiro atoms. The predicted octanol–water partition coefficient (Wildman–Crippen LogP) is 2.74. The zero-order valence-corrected chi connectivity index (χ0v) is 20.2. The minimum absolute atomic E-state index is 0.0569. The molecule has 1 saturated heterocycles. The number of nitrogens with one attached hydrogen (secondary N) is 1. The summed E-state index contributed by atoms with van der Waals surface area (Å²) in [5.74, 6) is 0.159. The number of thiazole rings is 1. The zero-order valence-electron chi connectivity index (χ0n) is 19.4. The van der Waals surface area contributed by atoms with Gasteiger partial charge in [-0.2, -0.15) is 0 Å². The van der Waals surface area contributed by atoms with E-state index in [0.29, 0.717) is 13.1 Å². The van der Waals surface area contributed by atoms with Crippen molar-refractivity contribution in [1.29, 1.82) is 0 Å². The van der Waals surface area contributed by atoms with Crippen LogP contribution in [-0.4, -0.2) is 83.4 Å². The highest BCUT2D eigenvalue weighted by atomic mass is 32.1. The Kier molecular flexibility index (Phi) is 7.67. The molecule has 0 aliphatic carbocycles. The second-order valence-corrected chi connectivity index (χ2v) is 10.5. The average molecular weight is 446 g/mol. The summed E-state index contributed by atoms with van der Waals surface area (Å²) in [5, 5.41) is 3.98. The third-order valence-corrected chi connectivity index (χ3v) is 6.77. The topological polar surface area (TPSA) is 68.8 Å². The number of carbonyl (C=O) groups excluding carboxylic acids is 2. The fraction of sp³-hybridized carbons (Fsp3) is 0.609. The normalized spacial score (nSPS) is 17.3. The number of para-hydroxylation sites is 1. The second-order valence-electron chi connectivity index (χ2n) is 9.40. The lowest BCUT2D eigenvalue weighted by Gasteiger charge is -2.27. The smallest absolute Gasteiger partial charge is 0.237 e. The molecule has 1 aliphatic rings. The molecule has 2 heterocycles. The van der Waals surface area contributed by atoms with Crippen LogP contribution in [0.5, 0.6) is 0 Å². The van der Waals surface area contributed by atoms with Gasteiger partial charge in [-0.15, -0.1) is 11.3 Å². The Hall–Kier alpha value is -2.03. The zero-order chi connectivity index (χ0) is 22.6. The standard InChI is InChI=1S/C23H35N5O2S/c1-17(22-24-18-9-6-7-10-19(18)31-22)26(5)21(30)16-28-12-8-11-27(13-14-28)15-20(29)25-23(2,3)4/h6-7,9-10,17H,8,11-16H2,1-5H3,(H,25,29)/t17-/m0/s1. The first kappa shape index (κ1) is 23.6. The van der Waals surface area contributed by atoms with Crippen LogP contribution < -0.4 is 5.32 Å². The molecule has 3 rings (SSSR count). The Morgan fingerprint density at radius 1 is 1.13 bits per heavy atom. The van der Waals surface area contributed by atoms with E-state index in [9.17, 15) is 9.59 Å². The van der Waals surface area contributed by atoms with Gasteiger partial charge in [0.2, 0.25) is 11.8 Å². The molecule has 31 heavy (non-hydrogen) atoms. The van der Waals surface area contributed by atoms with E-state index in [1.807, 2.05) is 52.9 Å². The third-order valence-electron chi connectivity index (χ3n) is 5.56. The molecule has 7 nitrogen and oxygen atoms in total. The van der Waals surface area contributed by atoms with Crippen LogP contribution in [0.4, 0.5) is 0 Å². The Morgan fingerprint density at radius 2 is 1.77 bits per heavy atom. The molecular formula is C23H35N5O2S. The van der Waals surface area contributed by atoms with Gasteiger partial charge in [0, 0.05) is 25.7 Å². The van der Waals surface area contributed by atoms with E-state index >= 15 is 0 Å². The second kappa shape index (κ2) is 10.1. The molecule has 0 bridgehead atoms. The van der Waals surface area contributed by atoms with E-state index in [4.69, 9.17) is 4.98 Å². The summed E-state index contributed by atoms with van der Waals surface area (Å²) in [7, 11) is 1.86. The minimum atomic E-state index is -0.216. The van der Waals surface area contributed by atoms with Gasteiger partial charge in [-0.25, -0.2) is 4.98 Å². The van der Waals surface area contributed by atoms with Crippen molar-refractivity contribution in [2.24, 2.45) is 0 Å². The van der Waals surface area contributed by atoms with Crippen molar-refractivity contribution in [2.75, 3.05) is 46.3 Å². The fourth-order valence-electron chi connectivity index (χ4n) is 3.75. The molecule has 1 aliphatic heterocycles. The highest BCUT2D eigenvalue weighted by Crippen LogP contribution is 2.28. The van der Waals surface area contributed by atoms with Crippen LogP contribution in [0.1, 0.15) is 45.2 Å². The van der Waals surface area contributed by atoms with E-state index in [2.05, 4.69) is 21.2 Å². The van der Waals surface area contributed by atoms with Crippen molar-refractivity contribution in [3.63, 3.8) is 0 Å². The number of amides is 2.